The summed E-state index contributed by atoms with van der Waals surface area (Å²) in [5.74, 6) is -0.0516. The molecular weight excluding hydrogens is 544 g/mol. The Balaban J connectivity index is 1.39. The largest absolute Gasteiger partial charge is 0.493 e. The number of benzene rings is 3. The first-order valence-electron chi connectivity index (χ1n) is 15.0. The highest BCUT2D eigenvalue weighted by Crippen LogP contribution is 2.36. The average molecular weight is 587 g/mol. The summed E-state index contributed by atoms with van der Waals surface area (Å²) in [6, 6.07) is 19.4. The lowest BCUT2D eigenvalue weighted by Gasteiger charge is -2.31. The maximum atomic E-state index is 13.3. The van der Waals surface area contributed by atoms with Gasteiger partial charge in [-0.2, -0.15) is 0 Å². The lowest BCUT2D eigenvalue weighted by molar-refractivity contribution is -0.137. The third kappa shape index (κ3) is 8.37. The highest BCUT2D eigenvalue weighted by molar-refractivity contribution is 5.96. The monoisotopic (exact) mass is 586 g/mol. The fraction of sp³-hybridized carbons (Fsp3) is 0.400. The van der Waals surface area contributed by atoms with Gasteiger partial charge in [0.15, 0.2) is 0 Å². The average Bonchev–Trinajstić information content (AvgIpc) is 2.99. The molecule has 1 unspecified atom stereocenters. The van der Waals surface area contributed by atoms with Crippen molar-refractivity contribution in [2.45, 2.75) is 72.4 Å². The minimum atomic E-state index is -0.972. The molecule has 0 saturated carbocycles. The van der Waals surface area contributed by atoms with E-state index < -0.39 is 18.1 Å². The Morgan fingerprint density at radius 3 is 2.56 bits per heavy atom. The van der Waals surface area contributed by atoms with Crippen LogP contribution in [0.25, 0.3) is 11.1 Å². The van der Waals surface area contributed by atoms with Gasteiger partial charge in [0, 0.05) is 24.7 Å². The van der Waals surface area contributed by atoms with E-state index in [2.05, 4.69) is 24.4 Å². The van der Waals surface area contributed by atoms with Crippen LogP contribution < -0.4 is 15.0 Å². The van der Waals surface area contributed by atoms with E-state index in [9.17, 15) is 14.4 Å². The number of aliphatic carboxylic acids is 1. The van der Waals surface area contributed by atoms with Crippen LogP contribution in [0.2, 0.25) is 0 Å². The number of alkyl carbamates (subject to hydrolysis) is 1. The molecule has 0 fully saturated rings. The van der Waals surface area contributed by atoms with Gasteiger partial charge < -0.3 is 24.8 Å². The van der Waals surface area contributed by atoms with E-state index in [1.54, 1.807) is 0 Å². The molecule has 0 aromatic heterocycles. The van der Waals surface area contributed by atoms with E-state index in [0.717, 1.165) is 52.1 Å². The number of nitrogens with zero attached hydrogens (tertiary/aromatic N) is 1. The summed E-state index contributed by atoms with van der Waals surface area (Å²) < 4.78 is 11.4. The summed E-state index contributed by atoms with van der Waals surface area (Å²) in [7, 11) is 0. The van der Waals surface area contributed by atoms with Crippen LogP contribution in [0, 0.1) is 19.8 Å². The molecule has 4 rings (SSSR count). The van der Waals surface area contributed by atoms with Crippen LogP contribution >= 0.6 is 0 Å². The predicted molar refractivity (Wildman–Crippen MR) is 167 cm³/mol. The fourth-order valence-electron chi connectivity index (χ4n) is 5.39. The maximum absolute atomic E-state index is 13.3. The number of hydrogen-bond acceptors (Lipinski definition) is 5. The quantitative estimate of drug-likeness (QED) is 0.225. The molecule has 3 aromatic carbocycles. The predicted octanol–water partition coefficient (Wildman–Crippen LogP) is 6.83. The minimum absolute atomic E-state index is 0.0427. The second kappa shape index (κ2) is 14.7. The number of carbonyl (C=O) groups excluding carboxylic acids is 2. The van der Waals surface area contributed by atoms with Gasteiger partial charge in [-0.1, -0.05) is 56.3 Å². The van der Waals surface area contributed by atoms with E-state index in [4.69, 9.17) is 14.6 Å². The molecule has 1 atom stereocenters. The highest BCUT2D eigenvalue weighted by atomic mass is 16.5. The van der Waals surface area contributed by atoms with Crippen molar-refractivity contribution in [2.24, 2.45) is 5.92 Å². The standard InChI is InChI=1S/C35H42N2O6/c1-23(2)30(21-34(39)40)36-35(41)43-22-26-11-6-12-27(20-26)28-13-7-15-31-29(28)14-8-18-37(31)33(38)17-9-19-42-32-16-5-10-24(3)25(32)4/h5-7,10-13,15-16,20,23,30H,8-9,14,17-19,21-22H2,1-4H3,(H,36,41)(H,39,40). The summed E-state index contributed by atoms with van der Waals surface area (Å²) in [6.45, 7) is 9.05. The number of carboxylic acids is 1. The third-order valence-corrected chi connectivity index (χ3v) is 8.01. The number of rotatable bonds is 12. The zero-order valence-electron chi connectivity index (χ0n) is 25.5. The van der Waals surface area contributed by atoms with Gasteiger partial charge in [0.05, 0.1) is 13.0 Å². The molecule has 1 aliphatic rings. The van der Waals surface area contributed by atoms with Crippen molar-refractivity contribution in [3.8, 4) is 16.9 Å². The molecule has 1 aliphatic heterocycles. The number of carboxylic acid groups (broad SMARTS) is 1. The van der Waals surface area contributed by atoms with Crippen molar-refractivity contribution in [2.75, 3.05) is 18.1 Å². The van der Waals surface area contributed by atoms with Crippen LogP contribution in [0.4, 0.5) is 10.5 Å². The van der Waals surface area contributed by atoms with Crippen LogP contribution in [0.15, 0.2) is 60.7 Å². The van der Waals surface area contributed by atoms with Gasteiger partial charge in [-0.15, -0.1) is 0 Å². The van der Waals surface area contributed by atoms with Gasteiger partial charge >= 0.3 is 12.1 Å². The molecule has 228 valence electrons. The van der Waals surface area contributed by atoms with Gasteiger partial charge in [-0.25, -0.2) is 4.79 Å². The number of carbonyl (C=O) groups is 3. The molecule has 43 heavy (non-hydrogen) atoms. The molecule has 0 saturated heterocycles. The lowest BCUT2D eigenvalue weighted by atomic mass is 9.91. The van der Waals surface area contributed by atoms with Crippen molar-refractivity contribution in [1.29, 1.82) is 0 Å². The smallest absolute Gasteiger partial charge is 0.407 e. The first-order valence-corrected chi connectivity index (χ1v) is 15.0. The molecule has 0 bridgehead atoms. The van der Waals surface area contributed by atoms with Crippen molar-refractivity contribution in [1.82, 2.24) is 5.32 Å². The molecule has 8 heteroatoms. The van der Waals surface area contributed by atoms with Gasteiger partial charge in [-0.05, 0) is 90.6 Å². The van der Waals surface area contributed by atoms with Gasteiger partial charge in [0.2, 0.25) is 5.91 Å². The third-order valence-electron chi connectivity index (χ3n) is 8.01. The Morgan fingerprint density at radius 2 is 1.79 bits per heavy atom. The number of aryl methyl sites for hydroxylation is 1. The number of ether oxygens (including phenoxy) is 2. The Labute approximate surface area is 254 Å². The number of amides is 2. The molecule has 0 radical (unpaired) electrons. The number of fused-ring (bicyclic) bond motifs is 1. The Bertz CT molecular complexity index is 1450. The van der Waals surface area contributed by atoms with E-state index in [-0.39, 0.29) is 24.9 Å². The Hall–Kier alpha value is -4.33. The SMILES string of the molecule is Cc1cccc(OCCCC(=O)N2CCCc3c(-c4cccc(COC(=O)NC(CC(=O)O)C(C)C)c4)cccc32)c1C. The minimum Gasteiger partial charge on any atom is -0.493 e. The van der Waals surface area contributed by atoms with Crippen LogP contribution in [-0.4, -0.2) is 42.3 Å². The molecule has 2 amide bonds. The highest BCUT2D eigenvalue weighted by Gasteiger charge is 2.25. The van der Waals surface area contributed by atoms with Crippen LogP contribution in [0.3, 0.4) is 0 Å². The summed E-state index contributed by atoms with van der Waals surface area (Å²) in [5, 5.41) is 11.8. The summed E-state index contributed by atoms with van der Waals surface area (Å²) in [4.78, 5) is 38.7. The second-order valence-electron chi connectivity index (χ2n) is 11.5. The van der Waals surface area contributed by atoms with Crippen molar-refractivity contribution < 1.29 is 29.0 Å². The lowest BCUT2D eigenvalue weighted by Crippen LogP contribution is -2.40. The summed E-state index contributed by atoms with van der Waals surface area (Å²) >= 11 is 0. The first kappa shape index (κ1) is 31.6. The van der Waals surface area contributed by atoms with Crippen LogP contribution in [-0.2, 0) is 27.4 Å². The van der Waals surface area contributed by atoms with E-state index in [1.165, 1.54) is 5.56 Å². The maximum Gasteiger partial charge on any atom is 0.407 e. The van der Waals surface area contributed by atoms with Crippen LogP contribution in [0.5, 0.6) is 5.75 Å². The fourth-order valence-corrected chi connectivity index (χ4v) is 5.39. The summed E-state index contributed by atoms with van der Waals surface area (Å²) in [5.41, 5.74) is 7.26. The van der Waals surface area contributed by atoms with E-state index >= 15 is 0 Å². The molecule has 1 heterocycles. The normalized spacial score (nSPS) is 13.3. The van der Waals surface area contributed by atoms with E-state index in [1.807, 2.05) is 74.2 Å². The Morgan fingerprint density at radius 1 is 1.02 bits per heavy atom. The van der Waals surface area contributed by atoms with Gasteiger partial charge in [-0.3, -0.25) is 9.59 Å². The Kier molecular flexibility index (Phi) is 10.8. The second-order valence-corrected chi connectivity index (χ2v) is 11.5. The first-order chi connectivity index (χ1) is 20.6. The number of nitrogens with one attached hydrogen (secondary N) is 1. The van der Waals surface area contributed by atoms with Crippen LogP contribution in [0.1, 0.15) is 61.8 Å². The van der Waals surface area contributed by atoms with Crippen molar-refractivity contribution >= 4 is 23.7 Å². The number of hydrogen-bond donors (Lipinski definition) is 2. The molecule has 3 aromatic rings. The van der Waals surface area contributed by atoms with E-state index in [0.29, 0.717) is 26.0 Å². The zero-order valence-corrected chi connectivity index (χ0v) is 25.5. The topological polar surface area (TPSA) is 105 Å². The van der Waals surface area contributed by atoms with Crippen molar-refractivity contribution in [3.05, 3.63) is 82.9 Å². The number of anilines is 1. The molecule has 0 aliphatic carbocycles. The molecule has 8 nitrogen and oxygen atoms in total. The zero-order chi connectivity index (χ0) is 30.9. The molecular formula is C35H42N2O6. The molecule has 2 N–H and O–H groups in total. The van der Waals surface area contributed by atoms with Gasteiger partial charge in [0.25, 0.3) is 0 Å². The summed E-state index contributed by atoms with van der Waals surface area (Å²) in [6.07, 6.45) is 1.99. The molecule has 0 spiro atoms. The van der Waals surface area contributed by atoms with Gasteiger partial charge in [0.1, 0.15) is 12.4 Å². The van der Waals surface area contributed by atoms with Crippen molar-refractivity contribution in [3.63, 3.8) is 0 Å².